The summed E-state index contributed by atoms with van der Waals surface area (Å²) in [5.74, 6) is 1.51. The predicted octanol–water partition coefficient (Wildman–Crippen LogP) is 4.00. The van der Waals surface area contributed by atoms with Crippen LogP contribution in [-0.4, -0.2) is 36.0 Å². The SMILES string of the molecule is COc1ccc(CN2CCC(CNc3snc(Cl)c3C#N)CC2)cc1. The van der Waals surface area contributed by atoms with Gasteiger partial charge >= 0.3 is 0 Å². The van der Waals surface area contributed by atoms with Gasteiger partial charge in [-0.05, 0) is 61.1 Å². The first-order chi connectivity index (χ1) is 12.2. The number of rotatable bonds is 6. The number of methoxy groups -OCH3 is 1. The predicted molar refractivity (Wildman–Crippen MR) is 101 cm³/mol. The van der Waals surface area contributed by atoms with Crippen molar-refractivity contribution in [2.24, 2.45) is 5.92 Å². The van der Waals surface area contributed by atoms with Crippen LogP contribution in [0.3, 0.4) is 0 Å². The van der Waals surface area contributed by atoms with E-state index in [0.717, 1.165) is 49.8 Å². The zero-order valence-corrected chi connectivity index (χ0v) is 15.7. The van der Waals surface area contributed by atoms with Crippen molar-refractivity contribution in [3.05, 3.63) is 40.5 Å². The molecule has 0 spiro atoms. The van der Waals surface area contributed by atoms with Crippen LogP contribution in [0.1, 0.15) is 24.0 Å². The third-order valence-corrected chi connectivity index (χ3v) is 5.76. The Morgan fingerprint density at radius 2 is 2.08 bits per heavy atom. The summed E-state index contributed by atoms with van der Waals surface area (Å²) in [6.45, 7) is 4.02. The molecule has 132 valence electrons. The highest BCUT2D eigenvalue weighted by molar-refractivity contribution is 7.10. The average molecular weight is 377 g/mol. The highest BCUT2D eigenvalue weighted by Crippen LogP contribution is 2.28. The molecule has 5 nitrogen and oxygen atoms in total. The summed E-state index contributed by atoms with van der Waals surface area (Å²) in [6.07, 6.45) is 2.30. The van der Waals surface area contributed by atoms with Gasteiger partial charge in [-0.2, -0.15) is 9.64 Å². The second-order valence-electron chi connectivity index (χ2n) is 6.24. The van der Waals surface area contributed by atoms with E-state index in [2.05, 4.69) is 32.8 Å². The molecule has 0 aliphatic carbocycles. The van der Waals surface area contributed by atoms with Crippen molar-refractivity contribution in [2.75, 3.05) is 32.1 Å². The van der Waals surface area contributed by atoms with Crippen LogP contribution >= 0.6 is 23.1 Å². The van der Waals surface area contributed by atoms with E-state index in [1.807, 2.05) is 12.1 Å². The van der Waals surface area contributed by atoms with Crippen molar-refractivity contribution in [1.29, 1.82) is 5.26 Å². The lowest BCUT2D eigenvalue weighted by molar-refractivity contribution is 0.182. The number of nitriles is 1. The second kappa shape index (κ2) is 8.52. The topological polar surface area (TPSA) is 61.2 Å². The van der Waals surface area contributed by atoms with Crippen molar-refractivity contribution < 1.29 is 4.74 Å². The van der Waals surface area contributed by atoms with Gasteiger partial charge in [-0.15, -0.1) is 0 Å². The molecule has 0 atom stereocenters. The van der Waals surface area contributed by atoms with Crippen molar-refractivity contribution >= 4 is 28.1 Å². The normalized spacial score (nSPS) is 15.7. The fourth-order valence-corrected chi connectivity index (χ4v) is 4.00. The van der Waals surface area contributed by atoms with Crippen LogP contribution in [0.25, 0.3) is 0 Å². The maximum absolute atomic E-state index is 9.11. The molecule has 7 heteroatoms. The minimum Gasteiger partial charge on any atom is -0.497 e. The van der Waals surface area contributed by atoms with Crippen LogP contribution in [0.15, 0.2) is 24.3 Å². The van der Waals surface area contributed by atoms with Gasteiger partial charge in [0.25, 0.3) is 0 Å². The second-order valence-corrected chi connectivity index (χ2v) is 7.37. The largest absolute Gasteiger partial charge is 0.497 e. The van der Waals surface area contributed by atoms with Gasteiger partial charge in [0.1, 0.15) is 22.4 Å². The molecule has 0 bridgehead atoms. The molecule has 0 radical (unpaired) electrons. The standard InChI is InChI=1S/C18H21ClN4OS/c1-24-15-4-2-14(3-5-15)12-23-8-6-13(7-9-23)11-21-18-16(10-20)17(19)22-25-18/h2-5,13,21H,6-9,11-12H2,1H3. The Labute approximate surface area is 157 Å². The third-order valence-electron chi connectivity index (χ3n) is 4.59. The quantitative estimate of drug-likeness (QED) is 0.825. The van der Waals surface area contributed by atoms with Crippen LogP contribution in [0, 0.1) is 17.2 Å². The van der Waals surface area contributed by atoms with E-state index < -0.39 is 0 Å². The van der Waals surface area contributed by atoms with Gasteiger partial charge < -0.3 is 10.1 Å². The zero-order chi connectivity index (χ0) is 17.6. The lowest BCUT2D eigenvalue weighted by atomic mass is 9.96. The summed E-state index contributed by atoms with van der Waals surface area (Å²) in [5.41, 5.74) is 1.78. The highest BCUT2D eigenvalue weighted by Gasteiger charge is 2.20. The Kier molecular flexibility index (Phi) is 6.14. The molecule has 2 aromatic rings. The Bertz CT molecular complexity index is 733. The molecule has 0 amide bonds. The van der Waals surface area contributed by atoms with E-state index in [-0.39, 0.29) is 0 Å². The van der Waals surface area contributed by atoms with Gasteiger partial charge in [0.15, 0.2) is 5.15 Å². The molecular weight excluding hydrogens is 356 g/mol. The number of hydrogen-bond donors (Lipinski definition) is 1. The smallest absolute Gasteiger partial charge is 0.162 e. The van der Waals surface area contributed by atoms with E-state index in [1.54, 1.807) is 7.11 Å². The molecule has 1 aliphatic rings. The fourth-order valence-electron chi connectivity index (χ4n) is 3.06. The lowest BCUT2D eigenvalue weighted by Gasteiger charge is -2.32. The Hall–Kier alpha value is -1.81. The Morgan fingerprint density at radius 1 is 1.36 bits per heavy atom. The van der Waals surface area contributed by atoms with Crippen LogP contribution < -0.4 is 10.1 Å². The lowest BCUT2D eigenvalue weighted by Crippen LogP contribution is -2.35. The summed E-state index contributed by atoms with van der Waals surface area (Å²) in [5, 5.41) is 13.5. The van der Waals surface area contributed by atoms with Crippen LogP contribution in [-0.2, 0) is 6.54 Å². The van der Waals surface area contributed by atoms with Gasteiger partial charge in [0.2, 0.25) is 0 Å². The number of halogens is 1. The zero-order valence-electron chi connectivity index (χ0n) is 14.2. The monoisotopic (exact) mass is 376 g/mol. The molecular formula is C18H21ClN4OS. The Morgan fingerprint density at radius 3 is 2.72 bits per heavy atom. The highest BCUT2D eigenvalue weighted by atomic mass is 35.5. The molecule has 2 heterocycles. The first-order valence-electron chi connectivity index (χ1n) is 8.34. The number of piperidine rings is 1. The van der Waals surface area contributed by atoms with Gasteiger partial charge in [0.05, 0.1) is 7.11 Å². The average Bonchev–Trinajstić information content (AvgIpc) is 3.01. The van der Waals surface area contributed by atoms with E-state index in [0.29, 0.717) is 16.6 Å². The molecule has 1 aromatic carbocycles. The summed E-state index contributed by atoms with van der Waals surface area (Å²) >= 11 is 7.16. The van der Waals surface area contributed by atoms with E-state index >= 15 is 0 Å². The molecule has 1 aliphatic heterocycles. The number of benzene rings is 1. The summed E-state index contributed by atoms with van der Waals surface area (Å²) in [6, 6.07) is 10.4. The summed E-state index contributed by atoms with van der Waals surface area (Å²) in [7, 11) is 1.69. The number of nitrogens with zero attached hydrogens (tertiary/aromatic N) is 3. The summed E-state index contributed by atoms with van der Waals surface area (Å²) < 4.78 is 9.23. The maximum atomic E-state index is 9.11. The minimum atomic E-state index is 0.296. The van der Waals surface area contributed by atoms with Crippen LogP contribution in [0.2, 0.25) is 5.15 Å². The number of aromatic nitrogens is 1. The number of nitrogens with one attached hydrogen (secondary N) is 1. The number of likely N-dealkylation sites (tertiary alicyclic amines) is 1. The van der Waals surface area contributed by atoms with Crippen LogP contribution in [0.4, 0.5) is 5.00 Å². The van der Waals surface area contributed by atoms with Gasteiger partial charge in [-0.3, -0.25) is 4.90 Å². The van der Waals surface area contributed by atoms with E-state index in [1.165, 1.54) is 17.1 Å². The fraction of sp³-hybridized carbons (Fsp3) is 0.444. The van der Waals surface area contributed by atoms with Gasteiger partial charge in [0, 0.05) is 13.1 Å². The first-order valence-corrected chi connectivity index (χ1v) is 9.49. The molecule has 25 heavy (non-hydrogen) atoms. The van der Waals surface area contributed by atoms with E-state index in [9.17, 15) is 0 Å². The first kappa shape index (κ1) is 18.0. The summed E-state index contributed by atoms with van der Waals surface area (Å²) in [4.78, 5) is 2.49. The molecule has 0 saturated carbocycles. The molecule has 1 aromatic heterocycles. The Balaban J connectivity index is 1.44. The van der Waals surface area contributed by atoms with Crippen molar-refractivity contribution in [1.82, 2.24) is 9.27 Å². The third kappa shape index (κ3) is 4.63. The molecule has 1 N–H and O–H groups in total. The van der Waals surface area contributed by atoms with Crippen LogP contribution in [0.5, 0.6) is 5.75 Å². The maximum Gasteiger partial charge on any atom is 0.162 e. The van der Waals surface area contributed by atoms with Crippen molar-refractivity contribution in [2.45, 2.75) is 19.4 Å². The van der Waals surface area contributed by atoms with Crippen molar-refractivity contribution in [3.63, 3.8) is 0 Å². The van der Waals surface area contributed by atoms with Gasteiger partial charge in [-0.25, -0.2) is 0 Å². The van der Waals surface area contributed by atoms with E-state index in [4.69, 9.17) is 21.6 Å². The molecule has 0 unspecified atom stereocenters. The number of anilines is 1. The number of hydrogen-bond acceptors (Lipinski definition) is 6. The number of ether oxygens (including phenoxy) is 1. The van der Waals surface area contributed by atoms with Crippen molar-refractivity contribution in [3.8, 4) is 11.8 Å². The molecule has 1 saturated heterocycles. The molecule has 3 rings (SSSR count). The minimum absolute atomic E-state index is 0.296. The van der Waals surface area contributed by atoms with Gasteiger partial charge in [-0.1, -0.05) is 23.7 Å². The molecule has 1 fully saturated rings.